The molecule has 1 aromatic heterocycles. The van der Waals surface area contributed by atoms with E-state index in [4.69, 9.17) is 0 Å². The molecule has 3 rings (SSSR count). The maximum absolute atomic E-state index is 12.7. The number of benzene rings is 1. The Bertz CT molecular complexity index is 673. The Hall–Kier alpha value is -2.63. The summed E-state index contributed by atoms with van der Waals surface area (Å²) in [6.07, 6.45) is 3.10. The van der Waals surface area contributed by atoms with E-state index in [2.05, 4.69) is 20.2 Å². The number of rotatable bonds is 2. The molecule has 6 heteroatoms. The van der Waals surface area contributed by atoms with Crippen molar-refractivity contribution in [1.29, 1.82) is 0 Å². The fourth-order valence-electron chi connectivity index (χ4n) is 2.44. The van der Waals surface area contributed by atoms with Gasteiger partial charge in [0.05, 0.1) is 23.8 Å². The summed E-state index contributed by atoms with van der Waals surface area (Å²) in [5, 5.41) is 2.90. The minimum atomic E-state index is -0.125. The summed E-state index contributed by atoms with van der Waals surface area (Å²) in [7, 11) is 3.78. The van der Waals surface area contributed by atoms with E-state index in [0.29, 0.717) is 18.1 Å². The normalized spacial score (nSPS) is 13.8. The average Bonchev–Trinajstić information content (AvgIpc) is 2.55. The number of nitrogens with one attached hydrogen (secondary N) is 1. The van der Waals surface area contributed by atoms with Gasteiger partial charge in [-0.05, 0) is 12.1 Å². The number of para-hydroxylation sites is 2. The van der Waals surface area contributed by atoms with Gasteiger partial charge in [0.1, 0.15) is 11.5 Å². The fraction of sp³-hybridized carbons (Fsp3) is 0.267. The van der Waals surface area contributed by atoms with Crippen LogP contribution in [-0.4, -0.2) is 43.1 Å². The molecule has 108 valence electrons. The van der Waals surface area contributed by atoms with Crippen molar-refractivity contribution in [3.05, 3.63) is 42.4 Å². The van der Waals surface area contributed by atoms with Gasteiger partial charge >= 0.3 is 0 Å². The molecule has 0 saturated carbocycles. The summed E-state index contributed by atoms with van der Waals surface area (Å²) in [6.45, 7) is 1.43. The largest absolute Gasteiger partial charge is 0.372 e. The van der Waals surface area contributed by atoms with Crippen LogP contribution in [0.4, 0.5) is 17.2 Å². The maximum Gasteiger partial charge on any atom is 0.278 e. The highest BCUT2D eigenvalue weighted by molar-refractivity contribution is 6.07. The highest BCUT2D eigenvalue weighted by Crippen LogP contribution is 2.32. The number of aromatic nitrogens is 2. The second-order valence-corrected chi connectivity index (χ2v) is 4.91. The van der Waals surface area contributed by atoms with Gasteiger partial charge in [-0.2, -0.15) is 0 Å². The first kappa shape index (κ1) is 13.4. The molecule has 0 unspecified atom stereocenters. The molecule has 0 atom stereocenters. The van der Waals surface area contributed by atoms with Crippen LogP contribution in [0.25, 0.3) is 0 Å². The highest BCUT2D eigenvalue weighted by atomic mass is 16.2. The van der Waals surface area contributed by atoms with Crippen LogP contribution in [-0.2, 0) is 0 Å². The molecule has 21 heavy (non-hydrogen) atoms. The molecule has 1 aliphatic heterocycles. The van der Waals surface area contributed by atoms with Gasteiger partial charge < -0.3 is 15.1 Å². The van der Waals surface area contributed by atoms with Crippen molar-refractivity contribution in [3.8, 4) is 0 Å². The topological polar surface area (TPSA) is 61.4 Å². The van der Waals surface area contributed by atoms with E-state index in [1.165, 1.54) is 6.20 Å². The lowest BCUT2D eigenvalue weighted by Gasteiger charge is -2.35. The molecule has 2 heterocycles. The lowest BCUT2D eigenvalue weighted by molar-refractivity contribution is 0.0981. The predicted octanol–water partition coefficient (Wildman–Crippen LogP) is 1.61. The molecule has 0 radical (unpaired) electrons. The highest BCUT2D eigenvalue weighted by Gasteiger charge is 2.26. The Kier molecular flexibility index (Phi) is 3.43. The number of fused-ring (bicyclic) bond motifs is 1. The molecule has 2 aromatic rings. The third-order valence-corrected chi connectivity index (χ3v) is 3.60. The van der Waals surface area contributed by atoms with Crippen LogP contribution >= 0.6 is 0 Å². The predicted molar refractivity (Wildman–Crippen MR) is 83.0 cm³/mol. The standard InChI is InChI=1S/C15H17N5O/c1-16-14-10-17-9-11(18-14)15(21)20-8-7-19(2)12-5-3-4-6-13(12)20/h3-6,9-10H,7-8H2,1-2H3,(H,16,18). The lowest BCUT2D eigenvalue weighted by atomic mass is 10.1. The summed E-state index contributed by atoms with van der Waals surface area (Å²) in [5.41, 5.74) is 2.31. The van der Waals surface area contributed by atoms with E-state index < -0.39 is 0 Å². The minimum absolute atomic E-state index is 0.125. The summed E-state index contributed by atoms with van der Waals surface area (Å²) < 4.78 is 0. The summed E-state index contributed by atoms with van der Waals surface area (Å²) in [4.78, 5) is 25.0. The summed E-state index contributed by atoms with van der Waals surface area (Å²) >= 11 is 0. The number of likely N-dealkylation sites (N-methyl/N-ethyl adjacent to an activating group) is 1. The van der Waals surface area contributed by atoms with Crippen molar-refractivity contribution in [1.82, 2.24) is 9.97 Å². The summed E-state index contributed by atoms with van der Waals surface area (Å²) in [6, 6.07) is 7.89. The molecular formula is C15H17N5O. The Morgan fingerprint density at radius 2 is 1.95 bits per heavy atom. The Morgan fingerprint density at radius 3 is 2.71 bits per heavy atom. The Balaban J connectivity index is 1.97. The van der Waals surface area contributed by atoms with Crippen LogP contribution in [0.2, 0.25) is 0 Å². The first-order valence-electron chi connectivity index (χ1n) is 6.82. The molecular weight excluding hydrogens is 266 g/mol. The summed E-state index contributed by atoms with van der Waals surface area (Å²) in [5.74, 6) is 0.461. The third kappa shape index (κ3) is 2.40. The average molecular weight is 283 g/mol. The number of carbonyl (C=O) groups is 1. The van der Waals surface area contributed by atoms with Crippen LogP contribution in [0.1, 0.15) is 10.5 Å². The quantitative estimate of drug-likeness (QED) is 0.907. The molecule has 0 aliphatic carbocycles. The second-order valence-electron chi connectivity index (χ2n) is 4.91. The van der Waals surface area contributed by atoms with Gasteiger partial charge in [0.15, 0.2) is 0 Å². The van der Waals surface area contributed by atoms with E-state index >= 15 is 0 Å². The molecule has 0 spiro atoms. The van der Waals surface area contributed by atoms with E-state index in [1.54, 1.807) is 18.1 Å². The first-order valence-corrected chi connectivity index (χ1v) is 6.82. The van der Waals surface area contributed by atoms with Gasteiger partial charge in [-0.15, -0.1) is 0 Å². The molecule has 1 N–H and O–H groups in total. The van der Waals surface area contributed by atoms with Crippen LogP contribution in [0, 0.1) is 0 Å². The fourth-order valence-corrected chi connectivity index (χ4v) is 2.44. The zero-order valence-corrected chi connectivity index (χ0v) is 12.1. The van der Waals surface area contributed by atoms with Gasteiger partial charge in [-0.1, -0.05) is 12.1 Å². The number of nitrogens with zero attached hydrogens (tertiary/aromatic N) is 4. The van der Waals surface area contributed by atoms with Crippen molar-refractivity contribution in [2.24, 2.45) is 0 Å². The monoisotopic (exact) mass is 283 g/mol. The van der Waals surface area contributed by atoms with Gasteiger partial charge in [-0.25, -0.2) is 4.98 Å². The van der Waals surface area contributed by atoms with Crippen molar-refractivity contribution >= 4 is 23.1 Å². The van der Waals surface area contributed by atoms with Gasteiger partial charge in [-0.3, -0.25) is 9.78 Å². The van der Waals surface area contributed by atoms with Crippen LogP contribution in [0.5, 0.6) is 0 Å². The molecule has 0 saturated heterocycles. The van der Waals surface area contributed by atoms with Crippen LogP contribution in [0.3, 0.4) is 0 Å². The number of amides is 1. The van der Waals surface area contributed by atoms with Gasteiger partial charge in [0, 0.05) is 27.2 Å². The van der Waals surface area contributed by atoms with Crippen molar-refractivity contribution in [2.45, 2.75) is 0 Å². The smallest absolute Gasteiger partial charge is 0.278 e. The number of carbonyl (C=O) groups excluding carboxylic acids is 1. The minimum Gasteiger partial charge on any atom is -0.372 e. The number of hydrogen-bond acceptors (Lipinski definition) is 5. The van der Waals surface area contributed by atoms with Crippen molar-refractivity contribution in [2.75, 3.05) is 42.3 Å². The van der Waals surface area contributed by atoms with Crippen molar-refractivity contribution < 1.29 is 4.79 Å². The zero-order chi connectivity index (χ0) is 14.8. The van der Waals surface area contributed by atoms with Gasteiger partial charge in [0.25, 0.3) is 5.91 Å². The SMILES string of the molecule is CNc1cncc(C(=O)N2CCN(C)c3ccccc32)n1. The van der Waals surface area contributed by atoms with E-state index in [9.17, 15) is 4.79 Å². The molecule has 0 bridgehead atoms. The van der Waals surface area contributed by atoms with Crippen LogP contribution in [0.15, 0.2) is 36.7 Å². The number of hydrogen-bond donors (Lipinski definition) is 1. The van der Waals surface area contributed by atoms with E-state index in [0.717, 1.165) is 17.9 Å². The second kappa shape index (κ2) is 5.40. The van der Waals surface area contributed by atoms with E-state index in [-0.39, 0.29) is 5.91 Å². The number of anilines is 3. The van der Waals surface area contributed by atoms with Crippen LogP contribution < -0.4 is 15.1 Å². The molecule has 0 fully saturated rings. The van der Waals surface area contributed by atoms with Gasteiger partial charge in [0.2, 0.25) is 0 Å². The molecule has 1 aliphatic rings. The molecule has 1 aromatic carbocycles. The van der Waals surface area contributed by atoms with Crippen molar-refractivity contribution in [3.63, 3.8) is 0 Å². The van der Waals surface area contributed by atoms with E-state index in [1.807, 2.05) is 31.3 Å². The first-order chi connectivity index (χ1) is 10.2. The molecule has 1 amide bonds. The third-order valence-electron chi connectivity index (χ3n) is 3.60. The Labute approximate surface area is 123 Å². The zero-order valence-electron chi connectivity index (χ0n) is 12.1. The maximum atomic E-state index is 12.7. The lowest BCUT2D eigenvalue weighted by Crippen LogP contribution is -2.43. The Morgan fingerprint density at radius 1 is 1.19 bits per heavy atom. The molecule has 6 nitrogen and oxygen atoms in total.